The van der Waals surface area contributed by atoms with Gasteiger partial charge in [-0.25, -0.2) is 8.78 Å². The highest BCUT2D eigenvalue weighted by Gasteiger charge is 2.41. The Morgan fingerprint density at radius 3 is 2.25 bits per heavy atom. The Bertz CT molecular complexity index is 383. The normalized spacial score (nSPS) is 25.3. The number of aliphatic hydroxyl groups is 1. The number of ether oxygens (including phenoxy) is 1. The van der Waals surface area contributed by atoms with Gasteiger partial charge in [-0.15, -0.1) is 0 Å². The summed E-state index contributed by atoms with van der Waals surface area (Å²) in [5.74, 6) is -1.07. The van der Waals surface area contributed by atoms with Crippen LogP contribution in [-0.4, -0.2) is 12.2 Å². The second-order valence-electron chi connectivity index (χ2n) is 4.33. The third-order valence-corrected chi connectivity index (χ3v) is 3.16. The van der Waals surface area contributed by atoms with Crippen molar-refractivity contribution >= 4 is 0 Å². The van der Waals surface area contributed by atoms with E-state index in [2.05, 4.69) is 0 Å². The largest absolute Gasteiger partial charge is 0.497 e. The molecule has 0 radical (unpaired) electrons. The monoisotopic (exact) mass is 228 g/mol. The van der Waals surface area contributed by atoms with Crippen molar-refractivity contribution in [2.45, 2.75) is 19.4 Å². The molecule has 2 nitrogen and oxygen atoms in total. The van der Waals surface area contributed by atoms with Crippen molar-refractivity contribution < 1.29 is 18.6 Å². The maximum Gasteiger partial charge on any atom is 0.135 e. The molecule has 0 spiro atoms. The van der Waals surface area contributed by atoms with Gasteiger partial charge < -0.3 is 9.84 Å². The molecule has 16 heavy (non-hydrogen) atoms. The van der Waals surface area contributed by atoms with Crippen molar-refractivity contribution in [2.24, 2.45) is 11.8 Å². The average Bonchev–Trinajstić information content (AvgIpc) is 2.94. The van der Waals surface area contributed by atoms with E-state index in [9.17, 15) is 13.9 Å². The van der Waals surface area contributed by atoms with Gasteiger partial charge in [-0.1, -0.05) is 6.92 Å². The molecule has 0 aliphatic heterocycles. The third kappa shape index (κ3) is 1.89. The Morgan fingerprint density at radius 2 is 1.88 bits per heavy atom. The van der Waals surface area contributed by atoms with Crippen molar-refractivity contribution in [3.05, 3.63) is 29.3 Å². The average molecular weight is 228 g/mol. The van der Waals surface area contributed by atoms with Crippen LogP contribution in [0.5, 0.6) is 5.75 Å². The first kappa shape index (κ1) is 11.3. The van der Waals surface area contributed by atoms with Crippen LogP contribution in [0.2, 0.25) is 0 Å². The Labute approximate surface area is 92.9 Å². The van der Waals surface area contributed by atoms with E-state index in [4.69, 9.17) is 4.74 Å². The highest BCUT2D eigenvalue weighted by atomic mass is 19.1. The van der Waals surface area contributed by atoms with E-state index in [1.165, 1.54) is 7.11 Å². The van der Waals surface area contributed by atoms with Crippen LogP contribution in [0.4, 0.5) is 8.78 Å². The number of halogens is 2. The zero-order valence-corrected chi connectivity index (χ0v) is 9.21. The minimum Gasteiger partial charge on any atom is -0.497 e. The minimum atomic E-state index is -1.05. The molecule has 1 aliphatic rings. The van der Waals surface area contributed by atoms with Crippen molar-refractivity contribution in [3.63, 3.8) is 0 Å². The van der Waals surface area contributed by atoms with E-state index in [0.29, 0.717) is 5.92 Å². The number of aliphatic hydroxyl groups excluding tert-OH is 1. The Balaban J connectivity index is 2.33. The van der Waals surface area contributed by atoms with Gasteiger partial charge in [0.15, 0.2) is 0 Å². The number of hydrogen-bond donors (Lipinski definition) is 1. The fraction of sp³-hybridized carbons (Fsp3) is 0.500. The quantitative estimate of drug-likeness (QED) is 0.861. The second-order valence-corrected chi connectivity index (χ2v) is 4.33. The molecule has 1 fully saturated rings. The first-order valence-corrected chi connectivity index (χ1v) is 5.25. The van der Waals surface area contributed by atoms with Gasteiger partial charge in [0.1, 0.15) is 17.4 Å². The van der Waals surface area contributed by atoms with Crippen LogP contribution in [0.25, 0.3) is 0 Å². The molecule has 0 bridgehead atoms. The fourth-order valence-corrected chi connectivity index (χ4v) is 1.97. The molecular weight excluding hydrogens is 214 g/mol. The Kier molecular flexibility index (Phi) is 2.84. The van der Waals surface area contributed by atoms with Crippen LogP contribution in [0.3, 0.4) is 0 Å². The van der Waals surface area contributed by atoms with Crippen LogP contribution in [0.15, 0.2) is 12.1 Å². The highest BCUT2D eigenvalue weighted by molar-refractivity contribution is 5.32. The molecule has 1 aromatic rings. The van der Waals surface area contributed by atoms with E-state index in [1.54, 1.807) is 0 Å². The van der Waals surface area contributed by atoms with Gasteiger partial charge in [-0.2, -0.15) is 0 Å². The Hall–Kier alpha value is -1.16. The molecule has 3 atom stereocenters. The summed E-state index contributed by atoms with van der Waals surface area (Å²) >= 11 is 0. The van der Waals surface area contributed by atoms with Crippen LogP contribution in [-0.2, 0) is 0 Å². The molecule has 0 aromatic heterocycles. The molecular formula is C12H14F2O2. The first-order chi connectivity index (χ1) is 7.54. The summed E-state index contributed by atoms with van der Waals surface area (Å²) in [7, 11) is 1.34. The number of benzene rings is 1. The van der Waals surface area contributed by atoms with Crippen LogP contribution < -0.4 is 4.74 Å². The first-order valence-electron chi connectivity index (χ1n) is 5.25. The van der Waals surface area contributed by atoms with E-state index in [-0.39, 0.29) is 17.2 Å². The predicted molar refractivity (Wildman–Crippen MR) is 55.1 cm³/mol. The zero-order chi connectivity index (χ0) is 11.9. The van der Waals surface area contributed by atoms with Gasteiger partial charge in [0.05, 0.1) is 18.8 Å². The number of hydrogen-bond acceptors (Lipinski definition) is 2. The molecule has 0 heterocycles. The van der Waals surface area contributed by atoms with Crippen molar-refractivity contribution in [2.75, 3.05) is 7.11 Å². The zero-order valence-electron chi connectivity index (χ0n) is 9.21. The van der Waals surface area contributed by atoms with Gasteiger partial charge in [0.2, 0.25) is 0 Å². The molecule has 1 aromatic carbocycles. The molecule has 0 amide bonds. The lowest BCUT2D eigenvalue weighted by Gasteiger charge is -2.13. The van der Waals surface area contributed by atoms with Crippen molar-refractivity contribution in [3.8, 4) is 5.75 Å². The standard InChI is InChI=1S/C12H14F2O2/c1-6-3-8(6)12(15)11-9(13)4-7(16-2)5-10(11)14/h4-6,8,12,15H,3H2,1-2H3. The molecule has 88 valence electrons. The molecule has 1 N–H and O–H groups in total. The van der Waals surface area contributed by atoms with Gasteiger partial charge >= 0.3 is 0 Å². The summed E-state index contributed by atoms with van der Waals surface area (Å²) < 4.78 is 31.9. The van der Waals surface area contributed by atoms with Crippen LogP contribution in [0, 0.1) is 23.5 Å². The van der Waals surface area contributed by atoms with Gasteiger partial charge in [0.25, 0.3) is 0 Å². The maximum absolute atomic E-state index is 13.6. The lowest BCUT2D eigenvalue weighted by Crippen LogP contribution is -2.07. The molecule has 1 saturated carbocycles. The fourth-order valence-electron chi connectivity index (χ4n) is 1.97. The van der Waals surface area contributed by atoms with Crippen LogP contribution in [0.1, 0.15) is 25.0 Å². The summed E-state index contributed by atoms with van der Waals surface area (Å²) in [6.07, 6.45) is -0.243. The van der Waals surface area contributed by atoms with Crippen molar-refractivity contribution in [1.29, 1.82) is 0 Å². The van der Waals surface area contributed by atoms with E-state index >= 15 is 0 Å². The van der Waals surface area contributed by atoms with Gasteiger partial charge in [0, 0.05) is 12.1 Å². The van der Waals surface area contributed by atoms with Gasteiger partial charge in [-0.05, 0) is 18.3 Å². The molecule has 1 aliphatic carbocycles. The number of rotatable bonds is 3. The highest BCUT2D eigenvalue weighted by Crippen LogP contribution is 2.48. The predicted octanol–water partition coefficient (Wildman–Crippen LogP) is 2.66. The topological polar surface area (TPSA) is 29.5 Å². The van der Waals surface area contributed by atoms with Gasteiger partial charge in [-0.3, -0.25) is 0 Å². The Morgan fingerprint density at radius 1 is 1.38 bits per heavy atom. The molecule has 0 saturated heterocycles. The molecule has 4 heteroatoms. The number of methoxy groups -OCH3 is 1. The summed E-state index contributed by atoms with van der Waals surface area (Å²) in [5.41, 5.74) is -0.241. The van der Waals surface area contributed by atoms with Crippen LogP contribution >= 0.6 is 0 Å². The summed E-state index contributed by atoms with van der Waals surface area (Å²) in [4.78, 5) is 0. The third-order valence-electron chi connectivity index (χ3n) is 3.16. The smallest absolute Gasteiger partial charge is 0.135 e. The summed E-state index contributed by atoms with van der Waals surface area (Å²) in [6.45, 7) is 1.95. The van der Waals surface area contributed by atoms with E-state index < -0.39 is 17.7 Å². The second kappa shape index (κ2) is 4.01. The maximum atomic E-state index is 13.6. The summed E-state index contributed by atoms with van der Waals surface area (Å²) in [5, 5.41) is 9.84. The van der Waals surface area contributed by atoms with E-state index in [0.717, 1.165) is 18.6 Å². The van der Waals surface area contributed by atoms with E-state index in [1.807, 2.05) is 6.92 Å². The van der Waals surface area contributed by atoms with Crippen molar-refractivity contribution in [1.82, 2.24) is 0 Å². The SMILES string of the molecule is COc1cc(F)c(C(O)C2CC2C)c(F)c1. The molecule has 2 rings (SSSR count). The summed E-state index contributed by atoms with van der Waals surface area (Å²) in [6, 6.07) is 2.18. The minimum absolute atomic E-state index is 0.0302. The molecule has 3 unspecified atom stereocenters. The lowest BCUT2D eigenvalue weighted by molar-refractivity contribution is 0.139. The lowest BCUT2D eigenvalue weighted by atomic mass is 10.0.